The van der Waals surface area contributed by atoms with Crippen molar-refractivity contribution in [1.82, 2.24) is 0 Å². The first-order valence-electron chi connectivity index (χ1n) is 1.85. The van der Waals surface area contributed by atoms with Crippen molar-refractivity contribution in [2.24, 2.45) is 0 Å². The molecule has 0 saturated carbocycles. The minimum absolute atomic E-state index is 0. The summed E-state index contributed by atoms with van der Waals surface area (Å²) >= 11 is 1.82. The Morgan fingerprint density at radius 2 is 1.42 bits per heavy atom. The van der Waals surface area contributed by atoms with E-state index >= 15 is 0 Å². The van der Waals surface area contributed by atoms with Crippen molar-refractivity contribution in [3.63, 3.8) is 0 Å². The van der Waals surface area contributed by atoms with Crippen LogP contribution in [0.2, 0.25) is 0 Å². The Balaban J connectivity index is -0.0000000122. The molecule has 0 bridgehead atoms. The second-order valence-electron chi connectivity index (χ2n) is 1.00. The van der Waals surface area contributed by atoms with E-state index in [1.807, 2.05) is 29.5 Å². The molecule has 1 rings (SSSR count). The van der Waals surface area contributed by atoms with Gasteiger partial charge in [0.15, 0.2) is 0 Å². The summed E-state index contributed by atoms with van der Waals surface area (Å²) < 4.78 is 0. The third-order valence-electron chi connectivity index (χ3n) is 0.586. The van der Waals surface area contributed by atoms with Crippen molar-refractivity contribution < 1.29 is 17.3 Å². The molecule has 81 valence electrons. The molecule has 0 nitrogen and oxygen atoms in total. The van der Waals surface area contributed by atoms with Gasteiger partial charge in [0.1, 0.15) is 0 Å². The SMILES string of the molecule is [C-]1=CC=CC1.[CH3-].[CH3-].[CH3-].[CH3-].[CH3-].[Cl][Ru]. The Kier molecular flexibility index (Phi) is 139. The predicted octanol–water partition coefficient (Wildman–Crippen LogP) is 4.24. The molecule has 0 spiro atoms. The molecular formula is C10H20ClRu-6. The average Bonchev–Trinajstić information content (AvgIpc) is 2.23. The van der Waals surface area contributed by atoms with E-state index in [2.05, 4.69) is 21.8 Å². The molecule has 0 aromatic carbocycles. The molecule has 0 N–H and O–H groups in total. The fourth-order valence-electron chi connectivity index (χ4n) is 0.340. The van der Waals surface area contributed by atoms with Gasteiger partial charge in [0.25, 0.3) is 0 Å². The quantitative estimate of drug-likeness (QED) is 0.458. The van der Waals surface area contributed by atoms with Crippen LogP contribution in [0, 0.1) is 43.2 Å². The number of allylic oxidation sites excluding steroid dienone is 4. The van der Waals surface area contributed by atoms with Gasteiger partial charge in [-0.3, -0.25) is 6.08 Å². The Morgan fingerprint density at radius 1 is 1.00 bits per heavy atom. The number of hydrogen-bond donors (Lipinski definition) is 0. The zero-order chi connectivity index (χ0) is 5.54. The fraction of sp³-hybridized carbons (Fsp3) is 0.100. The fourth-order valence-corrected chi connectivity index (χ4v) is 0.340. The molecule has 0 amide bonds. The standard InChI is InChI=1S/C5H5.5CH3.ClH.Ru/c1-2-4-5-3-1;;;;;;;/h1-3H,4H2;5*1H3;1H;/q6*-1;;+1/p-1. The monoisotopic (exact) mass is 277 g/mol. The van der Waals surface area contributed by atoms with Crippen LogP contribution >= 0.6 is 9.69 Å². The Hall–Kier alpha value is 0.393. The van der Waals surface area contributed by atoms with Crippen LogP contribution in [0.25, 0.3) is 0 Å². The summed E-state index contributed by atoms with van der Waals surface area (Å²) in [5.41, 5.74) is 0. The van der Waals surface area contributed by atoms with Gasteiger partial charge in [0.2, 0.25) is 0 Å². The van der Waals surface area contributed by atoms with Gasteiger partial charge >= 0.3 is 27.0 Å². The maximum atomic E-state index is 4.57. The van der Waals surface area contributed by atoms with E-state index in [0.29, 0.717) is 0 Å². The van der Waals surface area contributed by atoms with Gasteiger partial charge < -0.3 is 37.1 Å². The third-order valence-corrected chi connectivity index (χ3v) is 0.586. The molecule has 0 aromatic rings. The first-order valence-corrected chi connectivity index (χ1v) is 4.09. The van der Waals surface area contributed by atoms with Crippen molar-refractivity contribution in [2.75, 3.05) is 0 Å². The average molecular weight is 277 g/mol. The summed E-state index contributed by atoms with van der Waals surface area (Å²) in [7, 11) is 4.57. The third kappa shape index (κ3) is 31.5. The van der Waals surface area contributed by atoms with Gasteiger partial charge in [0.05, 0.1) is 0 Å². The molecule has 0 aliphatic heterocycles. The summed E-state index contributed by atoms with van der Waals surface area (Å²) in [4.78, 5) is 0. The summed E-state index contributed by atoms with van der Waals surface area (Å²) in [5.74, 6) is 0. The first-order chi connectivity index (χ1) is 3.50. The topological polar surface area (TPSA) is 0 Å². The van der Waals surface area contributed by atoms with Gasteiger partial charge in [-0.2, -0.15) is 6.08 Å². The summed E-state index contributed by atoms with van der Waals surface area (Å²) in [6, 6.07) is 0. The zero-order valence-corrected chi connectivity index (χ0v) is 11.2. The van der Waals surface area contributed by atoms with Gasteiger partial charge in [-0.25, -0.2) is 12.2 Å². The first kappa shape index (κ1) is 39.4. The number of rotatable bonds is 0. The van der Waals surface area contributed by atoms with Crippen molar-refractivity contribution in [2.45, 2.75) is 6.42 Å². The summed E-state index contributed by atoms with van der Waals surface area (Å²) in [5, 5.41) is 0. The molecule has 0 radical (unpaired) electrons. The molecule has 0 aromatic heterocycles. The summed E-state index contributed by atoms with van der Waals surface area (Å²) in [6.45, 7) is 0. The molecule has 0 fully saturated rings. The van der Waals surface area contributed by atoms with Gasteiger partial charge in [-0.05, 0) is 0 Å². The van der Waals surface area contributed by atoms with Crippen LogP contribution in [0.15, 0.2) is 18.2 Å². The minimum atomic E-state index is 0. The van der Waals surface area contributed by atoms with E-state index in [4.69, 9.17) is 0 Å². The van der Waals surface area contributed by atoms with E-state index in [9.17, 15) is 0 Å². The molecule has 1 aliphatic rings. The molecule has 1 aliphatic carbocycles. The van der Waals surface area contributed by atoms with E-state index in [1.165, 1.54) is 0 Å². The van der Waals surface area contributed by atoms with E-state index in [1.54, 1.807) is 0 Å². The van der Waals surface area contributed by atoms with Crippen molar-refractivity contribution >= 4 is 9.69 Å². The molecule has 0 unspecified atom stereocenters. The predicted molar refractivity (Wildman–Crippen MR) is 59.5 cm³/mol. The Morgan fingerprint density at radius 3 is 1.50 bits per heavy atom. The van der Waals surface area contributed by atoms with Crippen LogP contribution in [-0.4, -0.2) is 0 Å². The molecule has 12 heavy (non-hydrogen) atoms. The van der Waals surface area contributed by atoms with Crippen LogP contribution in [0.5, 0.6) is 0 Å². The van der Waals surface area contributed by atoms with Crippen molar-refractivity contribution in [3.05, 3.63) is 61.4 Å². The normalized spacial score (nSPS) is 7.83. The van der Waals surface area contributed by atoms with Crippen LogP contribution in [0.1, 0.15) is 6.42 Å². The van der Waals surface area contributed by atoms with Gasteiger partial charge in [-0.15, -0.1) is 6.42 Å². The van der Waals surface area contributed by atoms with Crippen LogP contribution in [0.4, 0.5) is 0 Å². The molecular weight excluding hydrogens is 257 g/mol. The Bertz CT molecular complexity index is 67.9. The maximum absolute atomic E-state index is 4.57. The number of hydrogen-bond acceptors (Lipinski definition) is 0. The molecule has 0 saturated heterocycles. The molecule has 0 atom stereocenters. The summed E-state index contributed by atoms with van der Waals surface area (Å²) in [6.07, 6.45) is 10.0. The second kappa shape index (κ2) is 42.3. The molecule has 2 heteroatoms. The van der Waals surface area contributed by atoms with Crippen molar-refractivity contribution in [3.8, 4) is 0 Å². The van der Waals surface area contributed by atoms with Gasteiger partial charge in [0, 0.05) is 0 Å². The Labute approximate surface area is 94.8 Å². The van der Waals surface area contributed by atoms with E-state index in [0.717, 1.165) is 6.42 Å². The van der Waals surface area contributed by atoms with Crippen LogP contribution in [0.3, 0.4) is 0 Å². The molecule has 0 heterocycles. The van der Waals surface area contributed by atoms with Crippen molar-refractivity contribution in [1.29, 1.82) is 0 Å². The van der Waals surface area contributed by atoms with Crippen LogP contribution < -0.4 is 0 Å². The van der Waals surface area contributed by atoms with E-state index < -0.39 is 0 Å². The van der Waals surface area contributed by atoms with E-state index in [-0.39, 0.29) is 37.1 Å². The zero-order valence-electron chi connectivity index (χ0n) is 8.67. The van der Waals surface area contributed by atoms with Gasteiger partial charge in [-0.1, -0.05) is 0 Å². The number of halogens is 1. The van der Waals surface area contributed by atoms with Crippen LogP contribution in [-0.2, 0) is 17.3 Å². The second-order valence-corrected chi connectivity index (χ2v) is 1.00.